The molecule has 104 valence electrons. The van der Waals surface area contributed by atoms with Crippen molar-refractivity contribution in [2.75, 3.05) is 13.2 Å². The van der Waals surface area contributed by atoms with Gasteiger partial charge < -0.3 is 10.1 Å². The van der Waals surface area contributed by atoms with Crippen molar-refractivity contribution in [1.82, 2.24) is 10.6 Å². The fraction of sp³-hybridized carbons (Fsp3) is 0.385. The minimum atomic E-state index is -0.728. The summed E-state index contributed by atoms with van der Waals surface area (Å²) >= 11 is 5.79. The van der Waals surface area contributed by atoms with Gasteiger partial charge in [-0.1, -0.05) is 23.7 Å². The number of ether oxygens (including phenoxy) is 1. The molecule has 1 rings (SSSR count). The third-order valence-electron chi connectivity index (χ3n) is 2.46. The Hall–Kier alpha value is -1.59. The molecule has 0 fully saturated rings. The van der Waals surface area contributed by atoms with Crippen LogP contribution in [0.3, 0.4) is 0 Å². The highest BCUT2D eigenvalue weighted by Crippen LogP contribution is 2.15. The van der Waals surface area contributed by atoms with Crippen LogP contribution in [0.25, 0.3) is 0 Å². The molecule has 0 saturated heterocycles. The number of benzene rings is 1. The fourth-order valence-electron chi connectivity index (χ4n) is 1.44. The summed E-state index contributed by atoms with van der Waals surface area (Å²) in [7, 11) is 0. The highest BCUT2D eigenvalue weighted by molar-refractivity contribution is 6.30. The molecule has 1 aromatic rings. The van der Waals surface area contributed by atoms with Gasteiger partial charge in [-0.25, -0.2) is 4.79 Å². The molecule has 1 atom stereocenters. The van der Waals surface area contributed by atoms with Crippen molar-refractivity contribution in [2.45, 2.75) is 19.9 Å². The molecule has 0 bridgehead atoms. The predicted molar refractivity (Wildman–Crippen MR) is 73.0 cm³/mol. The topological polar surface area (TPSA) is 67.4 Å². The van der Waals surface area contributed by atoms with E-state index in [4.69, 9.17) is 11.6 Å². The standard InChI is InChI=1S/C13H17ClN2O3/c1-3-19-13(18)16-12(17)8-15-9(2)10-4-6-11(14)7-5-10/h4-7,9,15H,3,8H2,1-2H3,(H,16,17,18)/t9-/m0/s1. The van der Waals surface area contributed by atoms with Gasteiger partial charge in [0, 0.05) is 11.1 Å². The summed E-state index contributed by atoms with van der Waals surface area (Å²) in [5, 5.41) is 5.78. The lowest BCUT2D eigenvalue weighted by Gasteiger charge is -2.13. The maximum absolute atomic E-state index is 11.4. The first-order valence-electron chi connectivity index (χ1n) is 5.98. The molecule has 6 heteroatoms. The van der Waals surface area contributed by atoms with E-state index < -0.39 is 12.0 Å². The second kappa shape index (κ2) is 7.76. The van der Waals surface area contributed by atoms with Gasteiger partial charge in [-0.3, -0.25) is 10.1 Å². The smallest absolute Gasteiger partial charge is 0.413 e. The van der Waals surface area contributed by atoms with E-state index in [-0.39, 0.29) is 19.2 Å². The summed E-state index contributed by atoms with van der Waals surface area (Å²) in [6.45, 7) is 3.85. The van der Waals surface area contributed by atoms with Gasteiger partial charge in [-0.2, -0.15) is 0 Å². The van der Waals surface area contributed by atoms with Crippen LogP contribution < -0.4 is 10.6 Å². The molecule has 0 aromatic heterocycles. The van der Waals surface area contributed by atoms with Crippen molar-refractivity contribution >= 4 is 23.6 Å². The highest BCUT2D eigenvalue weighted by atomic mass is 35.5. The predicted octanol–water partition coefficient (Wildman–Crippen LogP) is 2.26. The lowest BCUT2D eigenvalue weighted by Crippen LogP contribution is -2.38. The maximum atomic E-state index is 11.4. The summed E-state index contributed by atoms with van der Waals surface area (Å²) in [6, 6.07) is 7.30. The largest absolute Gasteiger partial charge is 0.450 e. The van der Waals surface area contributed by atoms with Crippen LogP contribution in [-0.2, 0) is 9.53 Å². The zero-order valence-electron chi connectivity index (χ0n) is 10.9. The van der Waals surface area contributed by atoms with Gasteiger partial charge in [0.05, 0.1) is 13.2 Å². The molecule has 0 spiro atoms. The number of rotatable bonds is 5. The van der Waals surface area contributed by atoms with Crippen LogP contribution in [0, 0.1) is 0 Å². The first-order valence-corrected chi connectivity index (χ1v) is 6.36. The zero-order chi connectivity index (χ0) is 14.3. The van der Waals surface area contributed by atoms with E-state index in [2.05, 4.69) is 15.4 Å². The third-order valence-corrected chi connectivity index (χ3v) is 2.71. The molecule has 0 aliphatic heterocycles. The van der Waals surface area contributed by atoms with Gasteiger partial charge in [0.1, 0.15) is 0 Å². The molecule has 0 heterocycles. The molecule has 0 aliphatic carbocycles. The molecule has 0 unspecified atom stereocenters. The number of halogens is 1. The SMILES string of the molecule is CCOC(=O)NC(=O)CN[C@@H](C)c1ccc(Cl)cc1. The van der Waals surface area contributed by atoms with Crippen molar-refractivity contribution in [3.05, 3.63) is 34.9 Å². The monoisotopic (exact) mass is 284 g/mol. The van der Waals surface area contributed by atoms with E-state index in [0.29, 0.717) is 5.02 Å². The first kappa shape index (κ1) is 15.5. The molecule has 2 amide bonds. The van der Waals surface area contributed by atoms with Gasteiger partial charge in [-0.15, -0.1) is 0 Å². The van der Waals surface area contributed by atoms with Crippen molar-refractivity contribution in [3.8, 4) is 0 Å². The molecule has 2 N–H and O–H groups in total. The highest BCUT2D eigenvalue weighted by Gasteiger charge is 2.10. The normalized spacial score (nSPS) is 11.7. The molecular formula is C13H17ClN2O3. The van der Waals surface area contributed by atoms with Crippen LogP contribution in [0.15, 0.2) is 24.3 Å². The summed E-state index contributed by atoms with van der Waals surface area (Å²) < 4.78 is 4.60. The zero-order valence-corrected chi connectivity index (χ0v) is 11.7. The molecule has 1 aromatic carbocycles. The Morgan fingerprint density at radius 2 is 1.95 bits per heavy atom. The van der Waals surface area contributed by atoms with E-state index in [1.807, 2.05) is 19.1 Å². The Balaban J connectivity index is 2.37. The lowest BCUT2D eigenvalue weighted by molar-refractivity contribution is -0.119. The quantitative estimate of drug-likeness (QED) is 0.870. The van der Waals surface area contributed by atoms with Crippen LogP contribution in [0.2, 0.25) is 5.02 Å². The van der Waals surface area contributed by atoms with Gasteiger partial charge in [0.2, 0.25) is 5.91 Å². The fourth-order valence-corrected chi connectivity index (χ4v) is 1.57. The maximum Gasteiger partial charge on any atom is 0.413 e. The Morgan fingerprint density at radius 1 is 1.32 bits per heavy atom. The van der Waals surface area contributed by atoms with Gasteiger partial charge in [-0.05, 0) is 31.5 Å². The van der Waals surface area contributed by atoms with E-state index in [9.17, 15) is 9.59 Å². The van der Waals surface area contributed by atoms with Gasteiger partial charge in [0.15, 0.2) is 0 Å². The summed E-state index contributed by atoms with van der Waals surface area (Å²) in [5.74, 6) is -0.431. The van der Waals surface area contributed by atoms with Crippen molar-refractivity contribution in [3.63, 3.8) is 0 Å². The number of hydrogen-bond acceptors (Lipinski definition) is 4. The molecule has 0 saturated carbocycles. The Kier molecular flexibility index (Phi) is 6.32. The van der Waals surface area contributed by atoms with Crippen LogP contribution in [-0.4, -0.2) is 25.2 Å². The summed E-state index contributed by atoms with van der Waals surface area (Å²) in [5.41, 5.74) is 1.01. The number of amides is 2. The second-order valence-corrected chi connectivity index (χ2v) is 4.36. The number of alkyl carbamates (subject to hydrolysis) is 1. The number of nitrogens with one attached hydrogen (secondary N) is 2. The molecule has 0 aliphatic rings. The molecule has 5 nitrogen and oxygen atoms in total. The van der Waals surface area contributed by atoms with E-state index in [1.165, 1.54) is 0 Å². The Morgan fingerprint density at radius 3 is 2.53 bits per heavy atom. The average molecular weight is 285 g/mol. The number of imide groups is 1. The van der Waals surface area contributed by atoms with Crippen molar-refractivity contribution in [2.24, 2.45) is 0 Å². The first-order chi connectivity index (χ1) is 9.02. The van der Waals surface area contributed by atoms with E-state index >= 15 is 0 Å². The average Bonchev–Trinajstić information content (AvgIpc) is 2.37. The molecule has 19 heavy (non-hydrogen) atoms. The lowest BCUT2D eigenvalue weighted by atomic mass is 10.1. The van der Waals surface area contributed by atoms with Crippen LogP contribution >= 0.6 is 11.6 Å². The molecular weight excluding hydrogens is 268 g/mol. The number of carbonyl (C=O) groups is 2. The van der Waals surface area contributed by atoms with Crippen LogP contribution in [0.5, 0.6) is 0 Å². The summed E-state index contributed by atoms with van der Waals surface area (Å²) in [6.07, 6.45) is -0.728. The van der Waals surface area contributed by atoms with Gasteiger partial charge >= 0.3 is 6.09 Å². The van der Waals surface area contributed by atoms with Crippen LogP contribution in [0.4, 0.5) is 4.79 Å². The third kappa shape index (κ3) is 5.72. The van der Waals surface area contributed by atoms with Crippen molar-refractivity contribution in [1.29, 1.82) is 0 Å². The minimum Gasteiger partial charge on any atom is -0.450 e. The van der Waals surface area contributed by atoms with Crippen LogP contribution in [0.1, 0.15) is 25.5 Å². The number of carbonyl (C=O) groups excluding carboxylic acids is 2. The second-order valence-electron chi connectivity index (χ2n) is 3.92. The van der Waals surface area contributed by atoms with Crippen molar-refractivity contribution < 1.29 is 14.3 Å². The Bertz CT molecular complexity index is 434. The van der Waals surface area contributed by atoms with E-state index in [1.54, 1.807) is 19.1 Å². The van der Waals surface area contributed by atoms with Gasteiger partial charge in [0.25, 0.3) is 0 Å². The summed E-state index contributed by atoms with van der Waals surface area (Å²) in [4.78, 5) is 22.4. The van der Waals surface area contributed by atoms with E-state index in [0.717, 1.165) is 5.56 Å². The number of hydrogen-bond donors (Lipinski definition) is 2. The Labute approximate surface area is 117 Å². The molecule has 0 radical (unpaired) electrons. The minimum absolute atomic E-state index is 0.0230.